The van der Waals surface area contributed by atoms with Crippen molar-refractivity contribution in [1.29, 1.82) is 0 Å². The third-order valence-corrected chi connectivity index (χ3v) is 3.79. The molecule has 0 aromatic rings. The van der Waals surface area contributed by atoms with E-state index in [2.05, 4.69) is 11.4 Å². The number of hydrogen-bond acceptors (Lipinski definition) is 3. The maximum Gasteiger partial charge on any atom is 0.0660 e. The molecule has 0 saturated carbocycles. The van der Waals surface area contributed by atoms with E-state index in [4.69, 9.17) is 10.5 Å². The maximum absolute atomic E-state index is 5.88. The van der Waals surface area contributed by atoms with Gasteiger partial charge in [-0.3, -0.25) is 0 Å². The van der Waals surface area contributed by atoms with Crippen molar-refractivity contribution in [2.45, 2.75) is 44.1 Å². The highest BCUT2D eigenvalue weighted by Gasteiger charge is 2.30. The summed E-state index contributed by atoms with van der Waals surface area (Å²) in [5, 5.41) is 3.62. The summed E-state index contributed by atoms with van der Waals surface area (Å²) in [7, 11) is 0. The van der Waals surface area contributed by atoms with Crippen molar-refractivity contribution < 1.29 is 4.74 Å². The van der Waals surface area contributed by atoms with Crippen LogP contribution in [0.5, 0.6) is 0 Å². The first-order chi connectivity index (χ1) is 7.85. The van der Waals surface area contributed by atoms with Crippen LogP contribution in [0, 0.1) is 0 Å². The van der Waals surface area contributed by atoms with Crippen molar-refractivity contribution in [2.24, 2.45) is 5.73 Å². The van der Waals surface area contributed by atoms with Gasteiger partial charge in [0.2, 0.25) is 0 Å². The number of rotatable bonds is 5. The van der Waals surface area contributed by atoms with Gasteiger partial charge in [0.15, 0.2) is 0 Å². The molecule has 2 rings (SSSR count). The van der Waals surface area contributed by atoms with Gasteiger partial charge in [0.05, 0.1) is 12.1 Å². The Morgan fingerprint density at radius 2 is 2.38 bits per heavy atom. The molecule has 3 nitrogen and oxygen atoms in total. The molecule has 1 heterocycles. The zero-order valence-electron chi connectivity index (χ0n) is 10.1. The normalized spacial score (nSPS) is 30.4. The molecular formula is C13H24N2O. The first-order valence-corrected chi connectivity index (χ1v) is 6.55. The van der Waals surface area contributed by atoms with Gasteiger partial charge in [-0.25, -0.2) is 0 Å². The minimum atomic E-state index is 0.0530. The summed E-state index contributed by atoms with van der Waals surface area (Å²) < 4.78 is 5.54. The van der Waals surface area contributed by atoms with E-state index in [0.29, 0.717) is 6.54 Å². The molecule has 0 aromatic carbocycles. The van der Waals surface area contributed by atoms with Crippen molar-refractivity contribution in [3.05, 3.63) is 11.6 Å². The highest BCUT2D eigenvalue weighted by atomic mass is 16.5. The third kappa shape index (κ3) is 3.06. The summed E-state index contributed by atoms with van der Waals surface area (Å²) in [6.07, 6.45) is 9.79. The van der Waals surface area contributed by atoms with Crippen LogP contribution in [0.2, 0.25) is 0 Å². The average Bonchev–Trinajstić information content (AvgIpc) is 2.83. The van der Waals surface area contributed by atoms with Gasteiger partial charge in [-0.05, 0) is 45.1 Å². The third-order valence-electron chi connectivity index (χ3n) is 3.79. The molecule has 92 valence electrons. The van der Waals surface area contributed by atoms with Crippen LogP contribution in [-0.2, 0) is 4.74 Å². The summed E-state index contributed by atoms with van der Waals surface area (Å²) in [5.41, 5.74) is 7.55. The standard InChI is InChI=1S/C13H24N2O/c14-10-13(7-3-9-16-11-13)15-8-6-12-4-1-2-5-12/h4,15H,1-3,5-11,14H2. The quantitative estimate of drug-likeness (QED) is 0.697. The summed E-state index contributed by atoms with van der Waals surface area (Å²) in [5.74, 6) is 0. The highest BCUT2D eigenvalue weighted by molar-refractivity contribution is 5.08. The summed E-state index contributed by atoms with van der Waals surface area (Å²) >= 11 is 0. The van der Waals surface area contributed by atoms with Crippen LogP contribution >= 0.6 is 0 Å². The van der Waals surface area contributed by atoms with Crippen molar-refractivity contribution in [1.82, 2.24) is 5.32 Å². The molecule has 1 aliphatic carbocycles. The van der Waals surface area contributed by atoms with E-state index >= 15 is 0 Å². The van der Waals surface area contributed by atoms with E-state index in [-0.39, 0.29) is 5.54 Å². The van der Waals surface area contributed by atoms with Crippen LogP contribution in [-0.4, -0.2) is 31.8 Å². The Hall–Kier alpha value is -0.380. The first-order valence-electron chi connectivity index (χ1n) is 6.55. The predicted molar refractivity (Wildman–Crippen MR) is 66.4 cm³/mol. The van der Waals surface area contributed by atoms with Crippen LogP contribution in [0.3, 0.4) is 0 Å². The lowest BCUT2D eigenvalue weighted by atomic mass is 9.92. The monoisotopic (exact) mass is 224 g/mol. The van der Waals surface area contributed by atoms with E-state index in [1.165, 1.54) is 25.7 Å². The maximum atomic E-state index is 5.88. The minimum absolute atomic E-state index is 0.0530. The van der Waals surface area contributed by atoms with Crippen LogP contribution in [0.15, 0.2) is 11.6 Å². The van der Waals surface area contributed by atoms with Crippen LogP contribution in [0.1, 0.15) is 38.5 Å². The van der Waals surface area contributed by atoms with E-state index in [0.717, 1.165) is 32.6 Å². The number of allylic oxidation sites excluding steroid dienone is 1. The second-order valence-electron chi connectivity index (χ2n) is 5.07. The second kappa shape index (κ2) is 5.80. The van der Waals surface area contributed by atoms with Crippen LogP contribution < -0.4 is 11.1 Å². The number of ether oxygens (including phenoxy) is 1. The molecule has 0 spiro atoms. The summed E-state index contributed by atoms with van der Waals surface area (Å²) in [6.45, 7) is 3.41. The molecular weight excluding hydrogens is 200 g/mol. The fourth-order valence-corrected chi connectivity index (χ4v) is 2.68. The zero-order chi connectivity index (χ0) is 11.3. The molecule has 16 heavy (non-hydrogen) atoms. The van der Waals surface area contributed by atoms with Crippen molar-refractivity contribution >= 4 is 0 Å². The van der Waals surface area contributed by atoms with Crippen molar-refractivity contribution in [3.63, 3.8) is 0 Å². The lowest BCUT2D eigenvalue weighted by molar-refractivity contribution is 0.0244. The fourth-order valence-electron chi connectivity index (χ4n) is 2.68. The summed E-state index contributed by atoms with van der Waals surface area (Å²) in [4.78, 5) is 0. The van der Waals surface area contributed by atoms with E-state index in [1.807, 2.05) is 0 Å². The molecule has 3 N–H and O–H groups in total. The Balaban J connectivity index is 1.73. The molecule has 1 atom stereocenters. The molecule has 2 aliphatic rings. The second-order valence-corrected chi connectivity index (χ2v) is 5.07. The molecule has 1 aliphatic heterocycles. The number of hydrogen-bond donors (Lipinski definition) is 2. The van der Waals surface area contributed by atoms with Gasteiger partial charge in [-0.2, -0.15) is 0 Å². The number of nitrogens with two attached hydrogens (primary N) is 1. The van der Waals surface area contributed by atoms with Gasteiger partial charge in [0.25, 0.3) is 0 Å². The molecule has 0 amide bonds. The average molecular weight is 224 g/mol. The van der Waals surface area contributed by atoms with Gasteiger partial charge >= 0.3 is 0 Å². The molecule has 0 aromatic heterocycles. The fraction of sp³-hybridized carbons (Fsp3) is 0.846. The number of nitrogens with one attached hydrogen (secondary N) is 1. The van der Waals surface area contributed by atoms with E-state index in [9.17, 15) is 0 Å². The predicted octanol–water partition coefficient (Wildman–Crippen LogP) is 1.58. The SMILES string of the molecule is NCC1(NCCC2=CCCC2)CCCOC1. The van der Waals surface area contributed by atoms with Gasteiger partial charge in [-0.1, -0.05) is 11.6 Å². The zero-order valence-corrected chi connectivity index (χ0v) is 10.1. The lowest BCUT2D eigenvalue weighted by Gasteiger charge is -2.37. The lowest BCUT2D eigenvalue weighted by Crippen LogP contribution is -2.56. The van der Waals surface area contributed by atoms with Gasteiger partial charge < -0.3 is 15.8 Å². The topological polar surface area (TPSA) is 47.3 Å². The Bertz CT molecular complexity index is 244. The van der Waals surface area contributed by atoms with Crippen molar-refractivity contribution in [3.8, 4) is 0 Å². The Kier molecular flexibility index (Phi) is 4.38. The van der Waals surface area contributed by atoms with Crippen LogP contribution in [0.4, 0.5) is 0 Å². The minimum Gasteiger partial charge on any atom is -0.379 e. The molecule has 1 fully saturated rings. The Morgan fingerprint density at radius 3 is 3.00 bits per heavy atom. The smallest absolute Gasteiger partial charge is 0.0660 e. The first kappa shape index (κ1) is 12.1. The Labute approximate surface area is 98.4 Å². The molecule has 1 unspecified atom stereocenters. The van der Waals surface area contributed by atoms with Gasteiger partial charge in [0, 0.05) is 13.2 Å². The van der Waals surface area contributed by atoms with Gasteiger partial charge in [0.1, 0.15) is 0 Å². The molecule has 3 heteroatoms. The van der Waals surface area contributed by atoms with E-state index < -0.39 is 0 Å². The van der Waals surface area contributed by atoms with E-state index in [1.54, 1.807) is 5.57 Å². The molecule has 0 radical (unpaired) electrons. The largest absolute Gasteiger partial charge is 0.379 e. The molecule has 0 bridgehead atoms. The van der Waals surface area contributed by atoms with Crippen LogP contribution in [0.25, 0.3) is 0 Å². The Morgan fingerprint density at radius 1 is 1.44 bits per heavy atom. The van der Waals surface area contributed by atoms with Gasteiger partial charge in [-0.15, -0.1) is 0 Å². The summed E-state index contributed by atoms with van der Waals surface area (Å²) in [6, 6.07) is 0. The molecule has 1 saturated heterocycles. The highest BCUT2D eigenvalue weighted by Crippen LogP contribution is 2.21. The van der Waals surface area contributed by atoms with Crippen molar-refractivity contribution in [2.75, 3.05) is 26.3 Å².